The van der Waals surface area contributed by atoms with Gasteiger partial charge < -0.3 is 0 Å². The largest absolute Gasteiger partial charge is 0.134 e. The lowest BCUT2D eigenvalue weighted by atomic mass is 9.67. The second-order valence-corrected chi connectivity index (χ2v) is 14.6. The third-order valence-electron chi connectivity index (χ3n) is 10.8. The molecule has 0 saturated heterocycles. The number of thiophene rings is 1. The van der Waals surface area contributed by atoms with Crippen LogP contribution in [0.25, 0.3) is 65.0 Å². The summed E-state index contributed by atoms with van der Waals surface area (Å²) in [5.41, 5.74) is 14.8. The monoisotopic (exact) mass is 678 g/mol. The van der Waals surface area contributed by atoms with Gasteiger partial charge in [0.05, 0.1) is 5.41 Å². The zero-order valence-corrected chi connectivity index (χ0v) is 29.4. The molecule has 0 saturated carbocycles. The van der Waals surface area contributed by atoms with Gasteiger partial charge >= 0.3 is 0 Å². The number of rotatable bonds is 6. The SMILES string of the molecule is c1ccc(-c2ccc3c(c2)-c2cc(-c4sc(-c5ccccc5-c5ccccc5)c5ccccc45)ccc2C3(c2ccccc2)c2ccccc2)cc1. The quantitative estimate of drug-likeness (QED) is 0.164. The molecule has 1 aliphatic rings. The van der Waals surface area contributed by atoms with Crippen molar-refractivity contribution in [2.75, 3.05) is 0 Å². The number of benzene rings is 8. The van der Waals surface area contributed by atoms with Crippen molar-refractivity contribution in [1.82, 2.24) is 0 Å². The normalized spacial score (nSPS) is 12.8. The molecular formula is C51H34S. The highest BCUT2D eigenvalue weighted by Crippen LogP contribution is 2.58. The number of hydrogen-bond acceptors (Lipinski definition) is 1. The standard InChI is InChI=1S/C51H34S/c1-5-17-35(18-6-1)37-29-31-47-45(33-37)46-34-38(30-32-48(46)51(47,39-21-9-3-10-22-39)40-23-11-4-12-24-40)49-43-27-15-16-28-44(43)50(52-49)42-26-14-13-25-41(42)36-19-7-2-8-20-36/h1-34H. The van der Waals surface area contributed by atoms with Gasteiger partial charge in [0.1, 0.15) is 0 Å². The van der Waals surface area contributed by atoms with E-state index in [9.17, 15) is 0 Å². The molecule has 244 valence electrons. The van der Waals surface area contributed by atoms with Crippen LogP contribution in [0.1, 0.15) is 22.3 Å². The number of hydrogen-bond donors (Lipinski definition) is 0. The van der Waals surface area contributed by atoms with E-state index in [0.29, 0.717) is 0 Å². The lowest BCUT2D eigenvalue weighted by molar-refractivity contribution is 0.768. The summed E-state index contributed by atoms with van der Waals surface area (Å²) >= 11 is 1.91. The van der Waals surface area contributed by atoms with Gasteiger partial charge in [-0.3, -0.25) is 0 Å². The number of fused-ring (bicyclic) bond motifs is 4. The van der Waals surface area contributed by atoms with E-state index in [1.165, 1.54) is 87.3 Å². The fraction of sp³-hybridized carbons (Fsp3) is 0.0196. The molecule has 1 aromatic heterocycles. The zero-order chi connectivity index (χ0) is 34.5. The Morgan fingerprint density at radius 3 is 1.33 bits per heavy atom. The third-order valence-corrected chi connectivity index (χ3v) is 12.1. The Balaban J connectivity index is 1.23. The molecule has 0 aliphatic heterocycles. The molecule has 8 aromatic carbocycles. The lowest BCUT2D eigenvalue weighted by Gasteiger charge is -2.34. The summed E-state index contributed by atoms with van der Waals surface area (Å²) in [5.74, 6) is 0. The van der Waals surface area contributed by atoms with Crippen molar-refractivity contribution in [1.29, 1.82) is 0 Å². The van der Waals surface area contributed by atoms with Gasteiger partial charge in [-0.2, -0.15) is 0 Å². The van der Waals surface area contributed by atoms with Crippen molar-refractivity contribution in [2.24, 2.45) is 0 Å². The Morgan fingerprint density at radius 1 is 0.288 bits per heavy atom. The van der Waals surface area contributed by atoms with Crippen LogP contribution in [0.15, 0.2) is 206 Å². The van der Waals surface area contributed by atoms with Gasteiger partial charge in [-0.25, -0.2) is 0 Å². The molecule has 0 atom stereocenters. The second kappa shape index (κ2) is 12.5. The molecule has 1 heterocycles. The van der Waals surface area contributed by atoms with Gasteiger partial charge in [0, 0.05) is 26.1 Å². The first-order valence-electron chi connectivity index (χ1n) is 17.9. The van der Waals surface area contributed by atoms with Crippen LogP contribution in [0.5, 0.6) is 0 Å². The molecule has 0 bridgehead atoms. The van der Waals surface area contributed by atoms with Crippen LogP contribution < -0.4 is 0 Å². The maximum Gasteiger partial charge on any atom is 0.0713 e. The highest BCUT2D eigenvalue weighted by molar-refractivity contribution is 7.21. The Labute approximate surface area is 309 Å². The molecule has 0 nitrogen and oxygen atoms in total. The molecule has 0 amide bonds. The predicted molar refractivity (Wildman–Crippen MR) is 221 cm³/mol. The van der Waals surface area contributed by atoms with E-state index in [1.54, 1.807) is 0 Å². The second-order valence-electron chi connectivity index (χ2n) is 13.6. The van der Waals surface area contributed by atoms with Crippen LogP contribution in [0, 0.1) is 0 Å². The minimum Gasteiger partial charge on any atom is -0.134 e. The average Bonchev–Trinajstić information content (AvgIpc) is 3.76. The Morgan fingerprint density at radius 2 is 0.731 bits per heavy atom. The van der Waals surface area contributed by atoms with E-state index in [2.05, 4.69) is 206 Å². The molecule has 1 aliphatic carbocycles. The summed E-state index contributed by atoms with van der Waals surface area (Å²) in [6.45, 7) is 0. The molecule has 0 unspecified atom stereocenters. The summed E-state index contributed by atoms with van der Waals surface area (Å²) in [6.07, 6.45) is 0. The van der Waals surface area contributed by atoms with Crippen LogP contribution in [0.2, 0.25) is 0 Å². The molecular weight excluding hydrogens is 645 g/mol. The highest BCUT2D eigenvalue weighted by Gasteiger charge is 2.46. The minimum atomic E-state index is -0.446. The molecule has 0 radical (unpaired) electrons. The average molecular weight is 679 g/mol. The first-order chi connectivity index (χ1) is 25.8. The van der Waals surface area contributed by atoms with Gasteiger partial charge in [0.25, 0.3) is 0 Å². The van der Waals surface area contributed by atoms with Gasteiger partial charge in [-0.05, 0) is 73.3 Å². The van der Waals surface area contributed by atoms with Crippen LogP contribution in [0.3, 0.4) is 0 Å². The first-order valence-corrected chi connectivity index (χ1v) is 18.7. The zero-order valence-electron chi connectivity index (χ0n) is 28.5. The van der Waals surface area contributed by atoms with E-state index in [4.69, 9.17) is 0 Å². The van der Waals surface area contributed by atoms with Crippen molar-refractivity contribution in [3.63, 3.8) is 0 Å². The molecule has 9 aromatic rings. The van der Waals surface area contributed by atoms with E-state index in [-0.39, 0.29) is 0 Å². The van der Waals surface area contributed by atoms with Gasteiger partial charge in [0.2, 0.25) is 0 Å². The maximum absolute atomic E-state index is 2.47. The van der Waals surface area contributed by atoms with Gasteiger partial charge in [-0.15, -0.1) is 11.3 Å². The van der Waals surface area contributed by atoms with E-state index in [0.717, 1.165) is 0 Å². The van der Waals surface area contributed by atoms with E-state index < -0.39 is 5.41 Å². The lowest BCUT2D eigenvalue weighted by Crippen LogP contribution is -2.28. The van der Waals surface area contributed by atoms with Crippen molar-refractivity contribution in [2.45, 2.75) is 5.41 Å². The fourth-order valence-electron chi connectivity index (χ4n) is 8.51. The smallest absolute Gasteiger partial charge is 0.0713 e. The highest BCUT2D eigenvalue weighted by atomic mass is 32.1. The predicted octanol–water partition coefficient (Wildman–Crippen LogP) is 13.9. The summed E-state index contributed by atoms with van der Waals surface area (Å²) in [4.78, 5) is 2.61. The van der Waals surface area contributed by atoms with Crippen molar-refractivity contribution >= 4 is 22.1 Å². The van der Waals surface area contributed by atoms with Crippen LogP contribution >= 0.6 is 11.3 Å². The Hall–Kier alpha value is -6.28. The summed E-state index contributed by atoms with van der Waals surface area (Å²) < 4.78 is 0. The molecule has 1 heteroatoms. The topological polar surface area (TPSA) is 0 Å². The summed E-state index contributed by atoms with van der Waals surface area (Å²) in [7, 11) is 0. The van der Waals surface area contributed by atoms with Crippen molar-refractivity contribution < 1.29 is 0 Å². The summed E-state index contributed by atoms with van der Waals surface area (Å²) in [6, 6.07) is 75.8. The Bertz CT molecular complexity index is 2670. The van der Waals surface area contributed by atoms with Crippen molar-refractivity contribution in [3.8, 4) is 54.3 Å². The third kappa shape index (κ3) is 4.74. The van der Waals surface area contributed by atoms with E-state index >= 15 is 0 Å². The van der Waals surface area contributed by atoms with Crippen LogP contribution in [0.4, 0.5) is 0 Å². The summed E-state index contributed by atoms with van der Waals surface area (Å²) in [5, 5.41) is 2.58. The van der Waals surface area contributed by atoms with Gasteiger partial charge in [-0.1, -0.05) is 194 Å². The van der Waals surface area contributed by atoms with E-state index in [1.807, 2.05) is 11.3 Å². The van der Waals surface area contributed by atoms with Crippen LogP contribution in [-0.2, 0) is 5.41 Å². The molecule has 52 heavy (non-hydrogen) atoms. The minimum absolute atomic E-state index is 0.446. The maximum atomic E-state index is 2.47. The fourth-order valence-corrected chi connectivity index (χ4v) is 9.82. The Kier molecular flexibility index (Phi) is 7.34. The molecule has 0 N–H and O–H groups in total. The first kappa shape index (κ1) is 30.5. The van der Waals surface area contributed by atoms with Gasteiger partial charge in [0.15, 0.2) is 0 Å². The van der Waals surface area contributed by atoms with Crippen LogP contribution in [-0.4, -0.2) is 0 Å². The molecule has 0 spiro atoms. The van der Waals surface area contributed by atoms with Crippen molar-refractivity contribution in [3.05, 3.63) is 229 Å². The molecule has 10 rings (SSSR count). The molecule has 0 fully saturated rings.